The summed E-state index contributed by atoms with van der Waals surface area (Å²) in [5, 5.41) is 6.54. The van der Waals surface area contributed by atoms with Crippen molar-refractivity contribution >= 4 is 11.8 Å². The van der Waals surface area contributed by atoms with Gasteiger partial charge >= 0.3 is 6.18 Å². The van der Waals surface area contributed by atoms with Crippen LogP contribution >= 0.6 is 0 Å². The Morgan fingerprint density at radius 1 is 1.00 bits per heavy atom. The second-order valence-electron chi connectivity index (χ2n) is 6.07. The average molecular weight is 366 g/mol. The standard InChI is InChI=1S/C17H17F3N4O2/c1-11-14(10-21-22-11)16(26)24-8-6-23(7-9-24)15(25)12-2-4-13(5-3-12)17(18,19)20/h2-5,10H,6-9H2,1H3,(H,21,22). The molecule has 1 saturated heterocycles. The van der Waals surface area contributed by atoms with Gasteiger partial charge in [0.15, 0.2) is 0 Å². The van der Waals surface area contributed by atoms with Crippen LogP contribution in [-0.4, -0.2) is 58.0 Å². The Morgan fingerprint density at radius 2 is 1.54 bits per heavy atom. The average Bonchev–Trinajstić information content (AvgIpc) is 3.06. The minimum absolute atomic E-state index is 0.155. The Balaban J connectivity index is 1.62. The molecule has 1 aliphatic heterocycles. The fourth-order valence-corrected chi connectivity index (χ4v) is 2.83. The third-order valence-corrected chi connectivity index (χ3v) is 4.37. The maximum atomic E-state index is 12.6. The second-order valence-corrected chi connectivity index (χ2v) is 6.07. The summed E-state index contributed by atoms with van der Waals surface area (Å²) >= 11 is 0. The minimum Gasteiger partial charge on any atom is -0.335 e. The molecule has 1 aliphatic rings. The van der Waals surface area contributed by atoms with Gasteiger partial charge in [0.25, 0.3) is 11.8 Å². The van der Waals surface area contributed by atoms with Crippen molar-refractivity contribution in [3.05, 3.63) is 52.8 Å². The topological polar surface area (TPSA) is 69.3 Å². The normalized spacial score (nSPS) is 15.2. The number of halogens is 3. The van der Waals surface area contributed by atoms with Gasteiger partial charge in [0.1, 0.15) is 0 Å². The largest absolute Gasteiger partial charge is 0.416 e. The van der Waals surface area contributed by atoms with E-state index in [1.807, 2.05) is 0 Å². The molecule has 0 saturated carbocycles. The summed E-state index contributed by atoms with van der Waals surface area (Å²) < 4.78 is 37.8. The number of aromatic nitrogens is 2. The van der Waals surface area contributed by atoms with Gasteiger partial charge in [-0.25, -0.2) is 0 Å². The van der Waals surface area contributed by atoms with E-state index in [0.717, 1.165) is 12.1 Å². The van der Waals surface area contributed by atoms with Crippen molar-refractivity contribution in [1.82, 2.24) is 20.0 Å². The van der Waals surface area contributed by atoms with Crippen LogP contribution in [0.3, 0.4) is 0 Å². The summed E-state index contributed by atoms with van der Waals surface area (Å²) in [6.45, 7) is 3.11. The molecule has 0 bridgehead atoms. The number of H-pyrrole nitrogens is 1. The Hall–Kier alpha value is -2.84. The molecule has 0 spiro atoms. The molecule has 2 aromatic rings. The number of piperazine rings is 1. The fraction of sp³-hybridized carbons (Fsp3) is 0.353. The lowest BCUT2D eigenvalue weighted by molar-refractivity contribution is -0.137. The van der Waals surface area contributed by atoms with E-state index < -0.39 is 11.7 Å². The van der Waals surface area contributed by atoms with Gasteiger partial charge < -0.3 is 9.80 Å². The summed E-state index contributed by atoms with van der Waals surface area (Å²) in [4.78, 5) is 28.0. The number of amides is 2. The highest BCUT2D eigenvalue weighted by molar-refractivity contribution is 5.96. The molecule has 0 atom stereocenters. The highest BCUT2D eigenvalue weighted by Crippen LogP contribution is 2.29. The minimum atomic E-state index is -4.43. The first-order valence-corrected chi connectivity index (χ1v) is 8.03. The zero-order valence-electron chi connectivity index (χ0n) is 14.0. The van der Waals surface area contributed by atoms with E-state index in [9.17, 15) is 22.8 Å². The highest BCUT2D eigenvalue weighted by atomic mass is 19.4. The SMILES string of the molecule is Cc1[nH]ncc1C(=O)N1CCN(C(=O)c2ccc(C(F)(F)F)cc2)CC1. The fourth-order valence-electron chi connectivity index (χ4n) is 2.83. The number of aryl methyl sites for hydroxylation is 1. The molecule has 0 unspecified atom stereocenters. The van der Waals surface area contributed by atoms with E-state index in [2.05, 4.69) is 10.2 Å². The van der Waals surface area contributed by atoms with Gasteiger partial charge in [-0.05, 0) is 31.2 Å². The van der Waals surface area contributed by atoms with Gasteiger partial charge in [0, 0.05) is 37.4 Å². The molecule has 1 aromatic heterocycles. The molecule has 3 rings (SSSR count). The number of carbonyl (C=O) groups is 2. The first kappa shape index (κ1) is 18.0. The van der Waals surface area contributed by atoms with Crippen LogP contribution < -0.4 is 0 Å². The number of carbonyl (C=O) groups excluding carboxylic acids is 2. The third kappa shape index (κ3) is 3.56. The monoisotopic (exact) mass is 366 g/mol. The number of benzene rings is 1. The molecular weight excluding hydrogens is 349 g/mol. The first-order valence-electron chi connectivity index (χ1n) is 8.03. The molecule has 0 radical (unpaired) electrons. The Kier molecular flexibility index (Phi) is 4.71. The van der Waals surface area contributed by atoms with Crippen LogP contribution in [0.2, 0.25) is 0 Å². The van der Waals surface area contributed by atoms with E-state index in [1.54, 1.807) is 11.8 Å². The molecule has 138 valence electrons. The third-order valence-electron chi connectivity index (χ3n) is 4.37. The van der Waals surface area contributed by atoms with Crippen LogP contribution in [0.15, 0.2) is 30.5 Å². The van der Waals surface area contributed by atoms with E-state index >= 15 is 0 Å². The van der Waals surface area contributed by atoms with Gasteiger partial charge in [-0.1, -0.05) is 0 Å². The van der Waals surface area contributed by atoms with E-state index in [0.29, 0.717) is 37.4 Å². The molecule has 1 fully saturated rings. The predicted molar refractivity (Wildman–Crippen MR) is 86.6 cm³/mol. The molecule has 26 heavy (non-hydrogen) atoms. The van der Waals surface area contributed by atoms with Crippen LogP contribution in [0.25, 0.3) is 0 Å². The summed E-state index contributed by atoms with van der Waals surface area (Å²) in [6.07, 6.45) is -2.96. The van der Waals surface area contributed by atoms with Crippen molar-refractivity contribution in [3.8, 4) is 0 Å². The molecule has 9 heteroatoms. The van der Waals surface area contributed by atoms with Crippen molar-refractivity contribution in [2.45, 2.75) is 13.1 Å². The van der Waals surface area contributed by atoms with Gasteiger partial charge in [0.05, 0.1) is 17.3 Å². The van der Waals surface area contributed by atoms with E-state index in [1.165, 1.54) is 23.2 Å². The number of nitrogens with one attached hydrogen (secondary N) is 1. The van der Waals surface area contributed by atoms with Crippen LogP contribution in [0.4, 0.5) is 13.2 Å². The maximum Gasteiger partial charge on any atom is 0.416 e. The number of aromatic amines is 1. The molecule has 1 N–H and O–H groups in total. The maximum absolute atomic E-state index is 12.6. The van der Waals surface area contributed by atoms with Gasteiger partial charge in [-0.15, -0.1) is 0 Å². The zero-order chi connectivity index (χ0) is 18.9. The summed E-state index contributed by atoms with van der Waals surface area (Å²) in [5.41, 5.74) is 0.578. The Labute approximate surface area is 147 Å². The molecule has 2 heterocycles. The number of hydrogen-bond donors (Lipinski definition) is 1. The number of hydrogen-bond acceptors (Lipinski definition) is 3. The van der Waals surface area contributed by atoms with Gasteiger partial charge in [-0.2, -0.15) is 18.3 Å². The van der Waals surface area contributed by atoms with Crippen molar-refractivity contribution in [1.29, 1.82) is 0 Å². The number of alkyl halides is 3. The van der Waals surface area contributed by atoms with Crippen LogP contribution in [0.5, 0.6) is 0 Å². The van der Waals surface area contributed by atoms with Crippen LogP contribution in [0.1, 0.15) is 32.0 Å². The first-order chi connectivity index (χ1) is 12.3. The lowest BCUT2D eigenvalue weighted by atomic mass is 10.1. The van der Waals surface area contributed by atoms with Crippen molar-refractivity contribution in [2.75, 3.05) is 26.2 Å². The zero-order valence-corrected chi connectivity index (χ0v) is 14.0. The summed E-state index contributed by atoms with van der Waals surface area (Å²) in [6, 6.07) is 4.15. The molecule has 6 nitrogen and oxygen atoms in total. The predicted octanol–water partition coefficient (Wildman–Crippen LogP) is 2.34. The van der Waals surface area contributed by atoms with Gasteiger partial charge in [0.2, 0.25) is 0 Å². The quantitative estimate of drug-likeness (QED) is 0.887. The molecular formula is C17H17F3N4O2. The lowest BCUT2D eigenvalue weighted by Crippen LogP contribution is -2.50. The summed E-state index contributed by atoms with van der Waals surface area (Å²) in [5.74, 6) is -0.497. The van der Waals surface area contributed by atoms with Gasteiger partial charge in [-0.3, -0.25) is 14.7 Å². The van der Waals surface area contributed by atoms with Crippen molar-refractivity contribution < 1.29 is 22.8 Å². The summed E-state index contributed by atoms with van der Waals surface area (Å²) in [7, 11) is 0. The Morgan fingerprint density at radius 3 is 2.00 bits per heavy atom. The van der Waals surface area contributed by atoms with E-state index in [4.69, 9.17) is 0 Å². The van der Waals surface area contributed by atoms with Crippen LogP contribution in [-0.2, 0) is 6.18 Å². The van der Waals surface area contributed by atoms with E-state index in [-0.39, 0.29) is 17.4 Å². The van der Waals surface area contributed by atoms with Crippen molar-refractivity contribution in [2.24, 2.45) is 0 Å². The highest BCUT2D eigenvalue weighted by Gasteiger charge is 2.31. The Bertz CT molecular complexity index is 806. The van der Waals surface area contributed by atoms with Crippen molar-refractivity contribution in [3.63, 3.8) is 0 Å². The molecule has 0 aliphatic carbocycles. The number of nitrogens with zero attached hydrogens (tertiary/aromatic N) is 3. The lowest BCUT2D eigenvalue weighted by Gasteiger charge is -2.34. The number of rotatable bonds is 2. The smallest absolute Gasteiger partial charge is 0.335 e. The van der Waals surface area contributed by atoms with Crippen LogP contribution in [0, 0.1) is 6.92 Å². The molecule has 2 amide bonds. The molecule has 1 aromatic carbocycles. The second kappa shape index (κ2) is 6.81.